The fraction of sp³-hybridized carbons (Fsp3) is 0.514. The Labute approximate surface area is 289 Å². The number of rotatable bonds is 13. The number of nitrogens with zero attached hydrogens (tertiary/aromatic N) is 2. The summed E-state index contributed by atoms with van der Waals surface area (Å²) < 4.78 is 128. The Morgan fingerprint density at radius 3 is 2.02 bits per heavy atom. The number of carboxylic acid groups (broad SMARTS) is 1. The molecular formula is C35H39F9N4O3. The third-order valence-electron chi connectivity index (χ3n) is 9.12. The molecular weight excluding hydrogens is 695 g/mol. The number of anilines is 1. The van der Waals surface area contributed by atoms with Gasteiger partial charge in [-0.2, -0.15) is 39.5 Å². The average Bonchev–Trinajstić information content (AvgIpc) is 3.05. The Morgan fingerprint density at radius 2 is 1.47 bits per heavy atom. The number of carboxylic acids is 1. The lowest BCUT2D eigenvalue weighted by Gasteiger charge is -2.29. The van der Waals surface area contributed by atoms with Gasteiger partial charge in [0.2, 0.25) is 5.95 Å². The van der Waals surface area contributed by atoms with E-state index in [0.717, 1.165) is 37.8 Å². The topological polar surface area (TPSA) is 96.4 Å². The average molecular weight is 735 g/mol. The fourth-order valence-electron chi connectivity index (χ4n) is 6.30. The summed E-state index contributed by atoms with van der Waals surface area (Å²) >= 11 is 0. The second-order valence-electron chi connectivity index (χ2n) is 12.8. The van der Waals surface area contributed by atoms with Crippen LogP contribution in [0.2, 0.25) is 0 Å². The number of alkyl halides is 9. The molecule has 0 aliphatic heterocycles. The molecule has 1 aliphatic rings. The predicted octanol–water partition coefficient (Wildman–Crippen LogP) is 9.63. The maximum atomic E-state index is 13.7. The highest BCUT2D eigenvalue weighted by Crippen LogP contribution is 2.40. The molecule has 7 nitrogen and oxygen atoms in total. The van der Waals surface area contributed by atoms with Gasteiger partial charge in [0.1, 0.15) is 0 Å². The van der Waals surface area contributed by atoms with E-state index in [1.165, 1.54) is 19.2 Å². The summed E-state index contributed by atoms with van der Waals surface area (Å²) in [5.74, 6) is -1.70. The lowest BCUT2D eigenvalue weighted by Crippen LogP contribution is -2.29. The lowest BCUT2D eigenvalue weighted by atomic mass is 9.80. The van der Waals surface area contributed by atoms with Crippen molar-refractivity contribution in [2.75, 3.05) is 18.5 Å². The van der Waals surface area contributed by atoms with E-state index in [1.54, 1.807) is 13.8 Å². The first-order valence-electron chi connectivity index (χ1n) is 16.4. The van der Waals surface area contributed by atoms with Crippen molar-refractivity contribution in [3.8, 4) is 5.75 Å². The molecule has 1 aliphatic carbocycles. The van der Waals surface area contributed by atoms with E-state index < -0.39 is 47.1 Å². The first-order valence-corrected chi connectivity index (χ1v) is 16.4. The second-order valence-corrected chi connectivity index (χ2v) is 12.8. The zero-order valence-corrected chi connectivity index (χ0v) is 28.1. The minimum atomic E-state index is -5.06. The molecule has 2 aromatic carbocycles. The van der Waals surface area contributed by atoms with Crippen LogP contribution in [0.15, 0.2) is 42.6 Å². The molecule has 0 radical (unpaired) electrons. The van der Waals surface area contributed by atoms with E-state index in [-0.39, 0.29) is 72.0 Å². The van der Waals surface area contributed by atoms with Crippen molar-refractivity contribution in [1.29, 1.82) is 0 Å². The molecule has 1 saturated carbocycles. The molecule has 0 amide bonds. The van der Waals surface area contributed by atoms with E-state index in [1.807, 2.05) is 0 Å². The molecule has 16 heteroatoms. The van der Waals surface area contributed by atoms with Gasteiger partial charge in [-0.05, 0) is 105 Å². The maximum Gasteiger partial charge on any atom is 0.416 e. The summed E-state index contributed by atoms with van der Waals surface area (Å²) in [6.07, 6.45) is -10.2. The monoisotopic (exact) mass is 734 g/mol. The van der Waals surface area contributed by atoms with Crippen molar-refractivity contribution in [3.05, 3.63) is 81.7 Å². The summed E-state index contributed by atoms with van der Waals surface area (Å²) in [7, 11) is 0. The van der Waals surface area contributed by atoms with Gasteiger partial charge >= 0.3 is 24.5 Å². The van der Waals surface area contributed by atoms with E-state index in [2.05, 4.69) is 20.6 Å². The van der Waals surface area contributed by atoms with Crippen LogP contribution in [0.3, 0.4) is 0 Å². The third kappa shape index (κ3) is 10.7. The zero-order valence-electron chi connectivity index (χ0n) is 28.1. The lowest BCUT2D eigenvalue weighted by molar-refractivity contribution is -0.143. The van der Waals surface area contributed by atoms with Crippen molar-refractivity contribution >= 4 is 11.9 Å². The second kappa shape index (κ2) is 16.1. The highest BCUT2D eigenvalue weighted by atomic mass is 19.4. The Hall–Kier alpha value is -4.08. The van der Waals surface area contributed by atoms with Crippen molar-refractivity contribution < 1.29 is 54.2 Å². The first kappa shape index (κ1) is 39.7. The van der Waals surface area contributed by atoms with Gasteiger partial charge in [0, 0.05) is 24.9 Å². The van der Waals surface area contributed by atoms with E-state index in [4.69, 9.17) is 9.84 Å². The van der Waals surface area contributed by atoms with Crippen molar-refractivity contribution in [2.24, 2.45) is 11.8 Å². The van der Waals surface area contributed by atoms with Crippen molar-refractivity contribution in [3.63, 3.8) is 0 Å². The van der Waals surface area contributed by atoms with Crippen molar-refractivity contribution in [2.45, 2.75) is 89.9 Å². The molecule has 4 rings (SSSR count). The number of carbonyl (C=O) groups is 1. The minimum absolute atomic E-state index is 0.0103. The van der Waals surface area contributed by atoms with Gasteiger partial charge in [0.25, 0.3) is 0 Å². The molecule has 1 fully saturated rings. The normalized spacial score (nSPS) is 18.3. The molecule has 1 aromatic heterocycles. The van der Waals surface area contributed by atoms with Crippen LogP contribution >= 0.6 is 0 Å². The molecule has 3 N–H and O–H groups in total. The smallest absolute Gasteiger partial charge is 0.416 e. The van der Waals surface area contributed by atoms with Crippen LogP contribution in [0.4, 0.5) is 45.5 Å². The van der Waals surface area contributed by atoms with Crippen LogP contribution in [-0.2, 0) is 29.9 Å². The van der Waals surface area contributed by atoms with Gasteiger partial charge in [-0.15, -0.1) is 0 Å². The standard InChI is InChI=1S/C35H39F9N4O3/c1-4-51-29-18-47-32(48-31(29)19(2)23-12-26(34(39,40)41)15-27(13-23)35(42,43)44)46-17-24-14-25(33(36,37)38)9-10-28(24)20(3)45-16-22-7-5-21(6-8-22)11-30(49)50/h9-10,12-15,18-22,45H,4-8,11,16-17H2,1-3H3,(H,49,50)(H,46,47,48)/t19-,20?,21?,22?/m0/s1. The number of benzene rings is 2. The summed E-state index contributed by atoms with van der Waals surface area (Å²) in [4.78, 5) is 19.5. The molecule has 3 aromatic rings. The Morgan fingerprint density at radius 1 is 0.882 bits per heavy atom. The molecule has 0 spiro atoms. The summed E-state index contributed by atoms with van der Waals surface area (Å²) in [6, 6.07) is 4.21. The number of halogens is 9. The molecule has 0 saturated heterocycles. The van der Waals surface area contributed by atoms with Crippen LogP contribution < -0.4 is 15.4 Å². The number of nitrogens with one attached hydrogen (secondary N) is 2. The van der Waals surface area contributed by atoms with E-state index in [0.29, 0.717) is 24.2 Å². The highest BCUT2D eigenvalue weighted by Gasteiger charge is 2.38. The van der Waals surface area contributed by atoms with Gasteiger partial charge < -0.3 is 20.5 Å². The number of hydrogen-bond donors (Lipinski definition) is 3. The van der Waals surface area contributed by atoms with E-state index in [9.17, 15) is 44.3 Å². The van der Waals surface area contributed by atoms with Crippen LogP contribution in [0.1, 0.15) is 104 Å². The van der Waals surface area contributed by atoms with Crippen LogP contribution in [0.25, 0.3) is 0 Å². The summed E-state index contributed by atoms with van der Waals surface area (Å²) in [5, 5.41) is 15.3. The van der Waals surface area contributed by atoms with Crippen molar-refractivity contribution in [1.82, 2.24) is 15.3 Å². The number of aromatic nitrogens is 2. The first-order chi connectivity index (χ1) is 23.8. The summed E-state index contributed by atoms with van der Waals surface area (Å²) in [6.45, 7) is 5.23. The number of ether oxygens (including phenoxy) is 1. The number of hydrogen-bond acceptors (Lipinski definition) is 6. The van der Waals surface area contributed by atoms with Gasteiger partial charge in [-0.25, -0.2) is 9.97 Å². The van der Waals surface area contributed by atoms with Crippen LogP contribution in [0.5, 0.6) is 5.75 Å². The molecule has 1 heterocycles. The largest absolute Gasteiger partial charge is 0.490 e. The Kier molecular flexibility index (Phi) is 12.5. The van der Waals surface area contributed by atoms with Gasteiger partial charge in [-0.1, -0.05) is 13.0 Å². The molecule has 1 unspecified atom stereocenters. The fourth-order valence-corrected chi connectivity index (χ4v) is 6.30. The zero-order chi connectivity index (χ0) is 37.7. The SMILES string of the molecule is CCOc1cnc(NCc2cc(C(F)(F)F)ccc2C(C)NCC2CCC(CC(=O)O)CC2)nc1[C@@H](C)c1cc(C(F)(F)F)cc(C(F)(F)F)c1. The maximum absolute atomic E-state index is 13.7. The van der Waals surface area contributed by atoms with Gasteiger partial charge in [-0.3, -0.25) is 4.79 Å². The van der Waals surface area contributed by atoms with Crippen LogP contribution in [0, 0.1) is 11.8 Å². The van der Waals surface area contributed by atoms with Gasteiger partial charge in [0.15, 0.2) is 5.75 Å². The molecule has 0 bridgehead atoms. The third-order valence-corrected chi connectivity index (χ3v) is 9.12. The van der Waals surface area contributed by atoms with Crippen LogP contribution in [-0.4, -0.2) is 34.2 Å². The minimum Gasteiger partial charge on any atom is -0.490 e. The predicted molar refractivity (Wildman–Crippen MR) is 170 cm³/mol. The quantitative estimate of drug-likeness (QED) is 0.151. The molecule has 280 valence electrons. The number of aliphatic carboxylic acids is 1. The molecule has 2 atom stereocenters. The van der Waals surface area contributed by atoms with E-state index >= 15 is 0 Å². The summed E-state index contributed by atoms with van der Waals surface area (Å²) in [5.41, 5.74) is -3.42. The Balaban J connectivity index is 1.59. The van der Waals surface area contributed by atoms with Gasteiger partial charge in [0.05, 0.1) is 35.2 Å². The molecule has 51 heavy (non-hydrogen) atoms. The Bertz CT molecular complexity index is 1620. The highest BCUT2D eigenvalue weighted by molar-refractivity contribution is 5.67.